The number of hydrogen-bond acceptors (Lipinski definition) is 8. The number of carbonyl (C=O) groups excluding carboxylic acids is 3. The minimum Gasteiger partial charge on any atom is -0.480 e. The number of hydrogen-bond donors (Lipinski definition) is 5. The van der Waals surface area contributed by atoms with Crippen molar-refractivity contribution in [3.63, 3.8) is 0 Å². The second-order valence-electron chi connectivity index (χ2n) is 16.8. The molecule has 0 aromatic rings. The van der Waals surface area contributed by atoms with Gasteiger partial charge in [0.05, 0.1) is 25.7 Å². The van der Waals surface area contributed by atoms with Gasteiger partial charge in [-0.25, -0.2) is 0 Å². The lowest BCUT2D eigenvalue weighted by Gasteiger charge is -2.31. The van der Waals surface area contributed by atoms with Crippen LogP contribution in [0.2, 0.25) is 0 Å². The van der Waals surface area contributed by atoms with Crippen LogP contribution in [0.3, 0.4) is 0 Å². The number of aliphatic hydroxyl groups excluding tert-OH is 1. The van der Waals surface area contributed by atoms with E-state index in [9.17, 15) is 24.0 Å². The Morgan fingerprint density at radius 2 is 1.08 bits per heavy atom. The van der Waals surface area contributed by atoms with Crippen LogP contribution in [0.5, 0.6) is 0 Å². The van der Waals surface area contributed by atoms with Crippen LogP contribution in [0.1, 0.15) is 87.0 Å². The number of carbonyl (C=O) groups is 5. The van der Waals surface area contributed by atoms with Crippen LogP contribution in [0.15, 0.2) is 0 Å². The van der Waals surface area contributed by atoms with Crippen molar-refractivity contribution in [3.05, 3.63) is 0 Å². The zero-order valence-electron chi connectivity index (χ0n) is 31.7. The van der Waals surface area contributed by atoms with Gasteiger partial charge >= 0.3 is 17.9 Å². The fraction of sp³-hybridized carbons (Fsp3) is 0.872. The van der Waals surface area contributed by atoms with E-state index in [4.69, 9.17) is 24.8 Å². The van der Waals surface area contributed by atoms with E-state index < -0.39 is 18.0 Å². The molecule has 0 aromatic heterocycles. The molecule has 16 unspecified atom stereocenters. The summed E-state index contributed by atoms with van der Waals surface area (Å²) in [6.07, 6.45) is 6.38. The van der Waals surface area contributed by atoms with Crippen LogP contribution in [-0.2, 0) is 33.4 Å². The van der Waals surface area contributed by atoms with Crippen molar-refractivity contribution in [3.8, 4) is 0 Å². The number of ether oxygens (including phenoxy) is 2. The van der Waals surface area contributed by atoms with E-state index in [1.165, 1.54) is 13.3 Å². The molecule has 0 heterocycles. The molecular formula is C39H64N2O10. The maximum atomic E-state index is 12.0. The Balaban J connectivity index is 0.000000172. The Bertz CT molecular complexity index is 1240. The van der Waals surface area contributed by atoms with Crippen molar-refractivity contribution in [2.24, 2.45) is 88.8 Å². The first-order valence-electron chi connectivity index (χ1n) is 19.4. The lowest BCUT2D eigenvalue weighted by atomic mass is 9.75. The lowest BCUT2D eigenvalue weighted by Crippen LogP contribution is -2.44. The maximum Gasteiger partial charge on any atom is 0.325 e. The lowest BCUT2D eigenvalue weighted by molar-refractivity contribution is -0.153. The fourth-order valence-corrected chi connectivity index (χ4v) is 10.8. The Morgan fingerprint density at radius 3 is 1.49 bits per heavy atom. The number of aliphatic carboxylic acids is 2. The monoisotopic (exact) mass is 720 g/mol. The first kappa shape index (κ1) is 41.0. The average molecular weight is 721 g/mol. The van der Waals surface area contributed by atoms with Crippen LogP contribution in [0.25, 0.3) is 0 Å². The number of esters is 1. The molecule has 290 valence electrons. The number of amides is 2. The number of carboxylic acid groups (broad SMARTS) is 2. The van der Waals surface area contributed by atoms with Gasteiger partial charge in [0.25, 0.3) is 0 Å². The molecule has 6 aliphatic carbocycles. The number of rotatable bonds is 12. The Kier molecular flexibility index (Phi) is 14.4. The fourth-order valence-electron chi connectivity index (χ4n) is 10.8. The number of aliphatic hydroxyl groups is 1. The number of carboxylic acids is 2. The number of fused-ring (bicyclic) bond motifs is 6. The Labute approximate surface area is 303 Å². The summed E-state index contributed by atoms with van der Waals surface area (Å²) in [7, 11) is 0. The third kappa shape index (κ3) is 9.45. The van der Waals surface area contributed by atoms with Gasteiger partial charge in [-0.15, -0.1) is 0 Å². The standard InChI is InChI=1S/C14H24O4.C13H21NO3.C12H19NO3/c1-9-10(2)12-7-11(9)8-13(12)14(16)18-6-5-17-4-3-15;1-6-7(2)10-4-9(6)5-11(10)12(15)14-8(3)13(16)17;1-6-7(2)9-3-8(6)4-10(9)12(16)13-5-11(14)15/h9-13,15H,3-8H2,1-2H3;6-11H,4-5H2,1-3H3,(H,14,15)(H,16,17);6-10H,3-5H2,1-2H3,(H,13,16)(H,14,15). The molecule has 12 nitrogen and oxygen atoms in total. The van der Waals surface area contributed by atoms with Crippen LogP contribution < -0.4 is 10.6 Å². The molecule has 0 spiro atoms. The van der Waals surface area contributed by atoms with E-state index in [1.807, 2.05) is 0 Å². The summed E-state index contributed by atoms with van der Waals surface area (Å²) in [5.41, 5.74) is 0. The van der Waals surface area contributed by atoms with Crippen LogP contribution in [0.4, 0.5) is 0 Å². The van der Waals surface area contributed by atoms with Gasteiger partial charge in [0.2, 0.25) is 11.8 Å². The summed E-state index contributed by atoms with van der Waals surface area (Å²) in [6.45, 7) is 15.8. The highest BCUT2D eigenvalue weighted by Gasteiger charge is 2.53. The summed E-state index contributed by atoms with van der Waals surface area (Å²) >= 11 is 0. The van der Waals surface area contributed by atoms with Gasteiger partial charge < -0.3 is 35.4 Å². The molecule has 6 fully saturated rings. The van der Waals surface area contributed by atoms with E-state index in [0.29, 0.717) is 84.9 Å². The van der Waals surface area contributed by atoms with Crippen molar-refractivity contribution in [2.45, 2.75) is 93.0 Å². The molecule has 0 aliphatic heterocycles. The van der Waals surface area contributed by atoms with Gasteiger partial charge in [-0.05, 0) is 116 Å². The van der Waals surface area contributed by atoms with E-state index in [2.05, 4.69) is 52.2 Å². The zero-order chi connectivity index (χ0) is 37.7. The normalized spacial score (nSPS) is 40.0. The first-order chi connectivity index (χ1) is 24.1. The molecule has 16 atom stereocenters. The summed E-state index contributed by atoms with van der Waals surface area (Å²) < 4.78 is 10.3. The zero-order valence-corrected chi connectivity index (χ0v) is 31.7. The van der Waals surface area contributed by atoms with Gasteiger partial charge in [-0.2, -0.15) is 0 Å². The van der Waals surface area contributed by atoms with Gasteiger partial charge in [-0.3, -0.25) is 24.0 Å². The molecule has 6 saturated carbocycles. The second kappa shape index (κ2) is 17.9. The summed E-state index contributed by atoms with van der Waals surface area (Å²) in [4.78, 5) is 56.9. The highest BCUT2D eigenvalue weighted by molar-refractivity contribution is 5.85. The Morgan fingerprint density at radius 1 is 0.627 bits per heavy atom. The molecule has 0 radical (unpaired) electrons. The number of nitrogens with one attached hydrogen (secondary N) is 2. The first-order valence-corrected chi connectivity index (χ1v) is 19.4. The van der Waals surface area contributed by atoms with E-state index in [1.54, 1.807) is 0 Å². The van der Waals surface area contributed by atoms with E-state index in [0.717, 1.165) is 38.0 Å². The van der Waals surface area contributed by atoms with E-state index >= 15 is 0 Å². The largest absolute Gasteiger partial charge is 0.480 e. The van der Waals surface area contributed by atoms with Gasteiger partial charge in [0.1, 0.15) is 19.2 Å². The summed E-state index contributed by atoms with van der Waals surface area (Å²) in [5.74, 6) is 5.58. The van der Waals surface area contributed by atoms with Crippen LogP contribution in [-0.4, -0.2) is 84.1 Å². The molecule has 6 aliphatic rings. The second-order valence-corrected chi connectivity index (χ2v) is 16.8. The summed E-state index contributed by atoms with van der Waals surface area (Å²) in [6, 6.07) is -0.783. The minimum atomic E-state index is -0.974. The van der Waals surface area contributed by atoms with Crippen molar-refractivity contribution < 1.29 is 48.8 Å². The predicted octanol–water partition coefficient (Wildman–Crippen LogP) is 4.09. The quantitative estimate of drug-likeness (QED) is 0.145. The molecule has 6 bridgehead atoms. The molecule has 5 N–H and O–H groups in total. The smallest absolute Gasteiger partial charge is 0.325 e. The molecule has 12 heteroatoms. The van der Waals surface area contributed by atoms with Crippen LogP contribution >= 0.6 is 0 Å². The Hall–Kier alpha value is -2.73. The summed E-state index contributed by atoms with van der Waals surface area (Å²) in [5, 5.41) is 31.0. The third-order valence-corrected chi connectivity index (χ3v) is 14.5. The maximum absolute atomic E-state index is 12.0. The highest BCUT2D eigenvalue weighted by atomic mass is 16.6. The van der Waals surface area contributed by atoms with E-state index in [-0.39, 0.29) is 48.7 Å². The molecule has 0 saturated heterocycles. The SMILES string of the molecule is CC(NC(=O)C1CC2CC1C(C)C2C)C(=O)O.CC1C2CC(C(=O)NCC(=O)O)C(C2)C1C.CC1C2CC(C(=O)OCCOCCO)C(C2)C1C. The predicted molar refractivity (Wildman–Crippen MR) is 189 cm³/mol. The highest BCUT2D eigenvalue weighted by Crippen LogP contribution is 2.57. The van der Waals surface area contributed by atoms with Crippen LogP contribution in [0, 0.1) is 88.8 Å². The molecule has 51 heavy (non-hydrogen) atoms. The molecule has 2 amide bonds. The average Bonchev–Trinajstić information content (AvgIpc) is 3.94. The third-order valence-electron chi connectivity index (χ3n) is 14.5. The topological polar surface area (TPSA) is 189 Å². The minimum absolute atomic E-state index is 0.00965. The van der Waals surface area contributed by atoms with Crippen molar-refractivity contribution in [1.29, 1.82) is 0 Å². The molecular weight excluding hydrogens is 656 g/mol. The van der Waals surface area contributed by atoms with Gasteiger partial charge in [0.15, 0.2) is 0 Å². The van der Waals surface area contributed by atoms with Crippen molar-refractivity contribution in [2.75, 3.05) is 33.0 Å². The van der Waals surface area contributed by atoms with Gasteiger partial charge in [0, 0.05) is 11.8 Å². The molecule has 6 rings (SSSR count). The van der Waals surface area contributed by atoms with Crippen molar-refractivity contribution >= 4 is 29.7 Å². The molecule has 0 aromatic carbocycles. The van der Waals surface area contributed by atoms with Gasteiger partial charge in [-0.1, -0.05) is 41.5 Å². The van der Waals surface area contributed by atoms with Crippen molar-refractivity contribution in [1.82, 2.24) is 10.6 Å².